The Morgan fingerprint density at radius 3 is 2.38 bits per heavy atom. The molecule has 0 aromatic heterocycles. The predicted molar refractivity (Wildman–Crippen MR) is 117 cm³/mol. The number of hydrogen-bond donors (Lipinski definition) is 2. The number of fused-ring (bicyclic) bond motifs is 2. The molecule has 1 aromatic rings. The zero-order valence-electron chi connectivity index (χ0n) is 17.9. The van der Waals surface area contributed by atoms with Gasteiger partial charge in [-0.05, 0) is 42.6 Å². The lowest BCUT2D eigenvalue weighted by atomic mass is 9.91. The largest absolute Gasteiger partial charge is 0.351 e. The number of benzene rings is 1. The highest BCUT2D eigenvalue weighted by molar-refractivity contribution is 5.87. The molecule has 5 nitrogen and oxygen atoms in total. The summed E-state index contributed by atoms with van der Waals surface area (Å²) in [6, 6.07) is 10.2. The molecule has 158 valence electrons. The molecule has 1 unspecified atom stereocenters. The minimum atomic E-state index is -0.432. The molecule has 1 heterocycles. The highest BCUT2D eigenvalue weighted by Crippen LogP contribution is 2.37. The summed E-state index contributed by atoms with van der Waals surface area (Å²) in [5, 5.41) is 6.13. The average Bonchev–Trinajstić information content (AvgIpc) is 2.89. The topological polar surface area (TPSA) is 61.4 Å². The Morgan fingerprint density at radius 1 is 1.14 bits per heavy atom. The summed E-state index contributed by atoms with van der Waals surface area (Å²) >= 11 is 0. The summed E-state index contributed by atoms with van der Waals surface area (Å²) in [5.74, 6) is 1.19. The van der Waals surface area contributed by atoms with Gasteiger partial charge >= 0.3 is 0 Å². The van der Waals surface area contributed by atoms with E-state index in [4.69, 9.17) is 0 Å². The molecule has 3 rings (SSSR count). The summed E-state index contributed by atoms with van der Waals surface area (Å²) in [4.78, 5) is 26.9. The molecule has 1 aromatic carbocycles. The van der Waals surface area contributed by atoms with E-state index in [-0.39, 0.29) is 17.9 Å². The number of carbonyl (C=O) groups is 2. The lowest BCUT2D eigenvalue weighted by Crippen LogP contribution is -2.56. The molecule has 4 atom stereocenters. The number of nitrogens with zero attached hydrogens (tertiary/aromatic N) is 1. The van der Waals surface area contributed by atoms with Crippen LogP contribution in [0.25, 0.3) is 6.08 Å². The van der Waals surface area contributed by atoms with Crippen LogP contribution in [0.15, 0.2) is 36.4 Å². The Balaban J connectivity index is 1.53. The van der Waals surface area contributed by atoms with Gasteiger partial charge in [0.05, 0.1) is 0 Å². The van der Waals surface area contributed by atoms with E-state index in [1.54, 1.807) is 0 Å². The molecule has 2 N–H and O–H groups in total. The van der Waals surface area contributed by atoms with E-state index in [2.05, 4.69) is 65.8 Å². The van der Waals surface area contributed by atoms with Crippen LogP contribution in [0.5, 0.6) is 0 Å². The summed E-state index contributed by atoms with van der Waals surface area (Å²) < 4.78 is 0. The normalized spacial score (nSPS) is 25.3. The minimum absolute atomic E-state index is 0.0202. The first kappa shape index (κ1) is 21.6. The van der Waals surface area contributed by atoms with Crippen molar-refractivity contribution in [2.24, 2.45) is 17.8 Å². The Morgan fingerprint density at radius 2 is 1.79 bits per heavy atom. The maximum Gasteiger partial charge on any atom is 0.242 e. The van der Waals surface area contributed by atoms with Crippen LogP contribution in [0.1, 0.15) is 45.6 Å². The van der Waals surface area contributed by atoms with Crippen molar-refractivity contribution < 1.29 is 9.59 Å². The maximum atomic E-state index is 12.9. The molecule has 29 heavy (non-hydrogen) atoms. The summed E-state index contributed by atoms with van der Waals surface area (Å²) in [6.07, 6.45) is 7.43. The quantitative estimate of drug-likeness (QED) is 0.709. The zero-order valence-corrected chi connectivity index (χ0v) is 17.9. The van der Waals surface area contributed by atoms with E-state index in [1.807, 2.05) is 6.07 Å². The second kappa shape index (κ2) is 10.1. The van der Waals surface area contributed by atoms with Crippen LogP contribution >= 0.6 is 0 Å². The highest BCUT2D eigenvalue weighted by Gasteiger charge is 2.43. The smallest absolute Gasteiger partial charge is 0.242 e. The fraction of sp³-hybridized carbons (Fsp3) is 0.583. The Kier molecular flexibility index (Phi) is 7.48. The van der Waals surface area contributed by atoms with Crippen molar-refractivity contribution in [2.45, 2.75) is 52.1 Å². The van der Waals surface area contributed by atoms with Gasteiger partial charge in [-0.25, -0.2) is 0 Å². The van der Waals surface area contributed by atoms with E-state index in [9.17, 15) is 9.59 Å². The standard InChI is InChI=1S/C24H35N3O2/c1-17(2)14-22(25-18(3)28)24(29)26-23-20-11-12-21(23)16-27(15-20)13-7-10-19-8-5-4-6-9-19/h4-10,17,20-23H,11-16H2,1-3H3,(H,25,28)(H,26,29)/b10-7+/t20-,21+,22-,23?/m0/s1. The van der Waals surface area contributed by atoms with Crippen molar-refractivity contribution in [3.63, 3.8) is 0 Å². The van der Waals surface area contributed by atoms with Gasteiger partial charge in [0.2, 0.25) is 11.8 Å². The third kappa shape index (κ3) is 6.17. The van der Waals surface area contributed by atoms with E-state index in [0.29, 0.717) is 24.2 Å². The first-order valence-corrected chi connectivity index (χ1v) is 10.9. The van der Waals surface area contributed by atoms with Crippen LogP contribution in [0.4, 0.5) is 0 Å². The number of nitrogens with one attached hydrogen (secondary N) is 2. The molecule has 2 bridgehead atoms. The molecule has 0 spiro atoms. The van der Waals surface area contributed by atoms with Gasteiger partial charge in [-0.1, -0.05) is 56.3 Å². The van der Waals surface area contributed by atoms with Crippen molar-refractivity contribution in [3.05, 3.63) is 42.0 Å². The minimum Gasteiger partial charge on any atom is -0.351 e. The van der Waals surface area contributed by atoms with Crippen LogP contribution in [0, 0.1) is 17.8 Å². The van der Waals surface area contributed by atoms with Crippen molar-refractivity contribution in [1.82, 2.24) is 15.5 Å². The lowest BCUT2D eigenvalue weighted by Gasteiger charge is -2.38. The number of hydrogen-bond acceptors (Lipinski definition) is 3. The molecular weight excluding hydrogens is 362 g/mol. The van der Waals surface area contributed by atoms with Gasteiger partial charge in [0.1, 0.15) is 6.04 Å². The molecule has 2 aliphatic rings. The van der Waals surface area contributed by atoms with Crippen LogP contribution in [0.2, 0.25) is 0 Å². The fourth-order valence-corrected chi connectivity index (χ4v) is 4.82. The third-order valence-corrected chi connectivity index (χ3v) is 6.09. The van der Waals surface area contributed by atoms with Crippen molar-refractivity contribution >= 4 is 17.9 Å². The molecule has 5 heteroatoms. The van der Waals surface area contributed by atoms with E-state index >= 15 is 0 Å². The van der Waals surface area contributed by atoms with Gasteiger partial charge in [-0.2, -0.15) is 0 Å². The van der Waals surface area contributed by atoms with Gasteiger partial charge < -0.3 is 10.6 Å². The van der Waals surface area contributed by atoms with E-state index < -0.39 is 6.04 Å². The van der Waals surface area contributed by atoms with Gasteiger partial charge in [-0.15, -0.1) is 0 Å². The molecule has 2 amide bonds. The maximum absolute atomic E-state index is 12.9. The molecule has 0 radical (unpaired) electrons. The van der Waals surface area contributed by atoms with Crippen molar-refractivity contribution in [2.75, 3.05) is 19.6 Å². The van der Waals surface area contributed by atoms with Gasteiger partial charge in [0.15, 0.2) is 0 Å². The second-order valence-corrected chi connectivity index (χ2v) is 9.05. The van der Waals surface area contributed by atoms with Crippen LogP contribution in [-0.4, -0.2) is 48.4 Å². The first-order chi connectivity index (χ1) is 13.9. The van der Waals surface area contributed by atoms with Crippen LogP contribution in [-0.2, 0) is 9.59 Å². The number of rotatable bonds is 8. The fourth-order valence-electron chi connectivity index (χ4n) is 4.82. The molecule has 1 aliphatic heterocycles. The summed E-state index contributed by atoms with van der Waals surface area (Å²) in [5.41, 5.74) is 1.23. The number of piperidine rings is 1. The lowest BCUT2D eigenvalue weighted by molar-refractivity contribution is -0.129. The van der Waals surface area contributed by atoms with E-state index in [1.165, 1.54) is 25.3 Å². The van der Waals surface area contributed by atoms with Gasteiger partial charge in [-0.3, -0.25) is 14.5 Å². The Labute approximate surface area is 174 Å². The van der Waals surface area contributed by atoms with Crippen LogP contribution in [0.3, 0.4) is 0 Å². The van der Waals surface area contributed by atoms with Gasteiger partial charge in [0.25, 0.3) is 0 Å². The molecular formula is C24H35N3O2. The predicted octanol–water partition coefficient (Wildman–Crippen LogP) is 3.08. The SMILES string of the molecule is CC(=O)N[C@@H](CC(C)C)C(=O)NC1[C@@H]2CC[C@H]1CN(C/C=C/c1ccccc1)C2. The Bertz CT molecular complexity index is 702. The van der Waals surface area contributed by atoms with Crippen molar-refractivity contribution in [1.29, 1.82) is 0 Å². The summed E-state index contributed by atoms with van der Waals surface area (Å²) in [6.45, 7) is 8.63. The molecule has 1 aliphatic carbocycles. The Hall–Kier alpha value is -2.14. The summed E-state index contributed by atoms with van der Waals surface area (Å²) in [7, 11) is 0. The first-order valence-electron chi connectivity index (χ1n) is 10.9. The average molecular weight is 398 g/mol. The number of amides is 2. The van der Waals surface area contributed by atoms with Gasteiger partial charge in [0, 0.05) is 32.6 Å². The number of likely N-dealkylation sites (tertiary alicyclic amines) is 1. The molecule has 2 fully saturated rings. The third-order valence-electron chi connectivity index (χ3n) is 6.09. The molecule has 1 saturated carbocycles. The second-order valence-electron chi connectivity index (χ2n) is 9.05. The van der Waals surface area contributed by atoms with Crippen molar-refractivity contribution in [3.8, 4) is 0 Å². The van der Waals surface area contributed by atoms with Crippen LogP contribution < -0.4 is 10.6 Å². The van der Waals surface area contributed by atoms with E-state index in [0.717, 1.165) is 19.6 Å². The molecule has 1 saturated heterocycles. The number of carbonyl (C=O) groups excluding carboxylic acids is 2. The monoisotopic (exact) mass is 397 g/mol. The zero-order chi connectivity index (χ0) is 20.8. The highest BCUT2D eigenvalue weighted by atomic mass is 16.2.